The number of rotatable bonds is 5. The molecule has 0 unspecified atom stereocenters. The van der Waals surface area contributed by atoms with Crippen molar-refractivity contribution in [2.24, 2.45) is 0 Å². The summed E-state index contributed by atoms with van der Waals surface area (Å²) in [6.45, 7) is 4.04. The molecule has 0 fully saturated rings. The lowest BCUT2D eigenvalue weighted by atomic mass is 10.0. The SMILES string of the molecule is Cc1ccc(N[C@@H](Cc2cc(C)no2)c2ccccc2)cc1. The van der Waals surface area contributed by atoms with E-state index in [1.54, 1.807) is 0 Å². The lowest BCUT2D eigenvalue weighted by molar-refractivity contribution is 0.374. The van der Waals surface area contributed by atoms with Gasteiger partial charge in [0.15, 0.2) is 0 Å². The summed E-state index contributed by atoms with van der Waals surface area (Å²) < 4.78 is 5.38. The average Bonchev–Trinajstić information content (AvgIpc) is 2.95. The third-order valence-electron chi connectivity index (χ3n) is 3.68. The summed E-state index contributed by atoms with van der Waals surface area (Å²) in [5.41, 5.74) is 4.51. The highest BCUT2D eigenvalue weighted by atomic mass is 16.5. The van der Waals surface area contributed by atoms with Crippen LogP contribution < -0.4 is 5.32 Å². The van der Waals surface area contributed by atoms with E-state index in [1.165, 1.54) is 11.1 Å². The van der Waals surface area contributed by atoms with Crippen molar-refractivity contribution in [2.75, 3.05) is 5.32 Å². The van der Waals surface area contributed by atoms with Gasteiger partial charge in [-0.2, -0.15) is 0 Å². The minimum absolute atomic E-state index is 0.149. The third-order valence-corrected chi connectivity index (χ3v) is 3.68. The Morgan fingerprint density at radius 2 is 1.73 bits per heavy atom. The average molecular weight is 292 g/mol. The molecule has 0 aliphatic rings. The highest BCUT2D eigenvalue weighted by Crippen LogP contribution is 2.24. The molecular formula is C19H20N2O. The Kier molecular flexibility index (Phi) is 4.24. The lowest BCUT2D eigenvalue weighted by Gasteiger charge is -2.19. The maximum Gasteiger partial charge on any atom is 0.139 e. The quantitative estimate of drug-likeness (QED) is 0.741. The van der Waals surface area contributed by atoms with Crippen LogP contribution >= 0.6 is 0 Å². The van der Waals surface area contributed by atoms with Crippen LogP contribution in [0.1, 0.15) is 28.6 Å². The summed E-state index contributed by atoms with van der Waals surface area (Å²) >= 11 is 0. The number of benzene rings is 2. The number of aromatic nitrogens is 1. The van der Waals surface area contributed by atoms with Gasteiger partial charge in [-0.1, -0.05) is 53.2 Å². The summed E-state index contributed by atoms with van der Waals surface area (Å²) in [6.07, 6.45) is 0.763. The second kappa shape index (κ2) is 6.48. The van der Waals surface area contributed by atoms with Crippen molar-refractivity contribution in [3.8, 4) is 0 Å². The first kappa shape index (κ1) is 14.4. The van der Waals surface area contributed by atoms with E-state index in [-0.39, 0.29) is 6.04 Å². The third kappa shape index (κ3) is 3.55. The molecule has 0 radical (unpaired) electrons. The molecule has 2 aromatic carbocycles. The van der Waals surface area contributed by atoms with E-state index in [2.05, 4.69) is 65.9 Å². The Balaban J connectivity index is 1.84. The van der Waals surface area contributed by atoms with Crippen LogP contribution in [0.4, 0.5) is 5.69 Å². The summed E-state index contributed by atoms with van der Waals surface area (Å²) in [5.74, 6) is 0.894. The Bertz CT molecular complexity index is 717. The van der Waals surface area contributed by atoms with E-state index < -0.39 is 0 Å². The van der Waals surface area contributed by atoms with Crippen LogP contribution in [0.5, 0.6) is 0 Å². The highest BCUT2D eigenvalue weighted by molar-refractivity contribution is 5.47. The van der Waals surface area contributed by atoms with Crippen molar-refractivity contribution in [3.05, 3.63) is 83.2 Å². The molecule has 0 aliphatic carbocycles. The lowest BCUT2D eigenvalue weighted by Crippen LogP contribution is -2.13. The zero-order chi connectivity index (χ0) is 15.4. The molecule has 0 bridgehead atoms. The van der Waals surface area contributed by atoms with Crippen molar-refractivity contribution in [1.82, 2.24) is 5.16 Å². The van der Waals surface area contributed by atoms with Crippen LogP contribution in [0, 0.1) is 13.8 Å². The monoisotopic (exact) mass is 292 g/mol. The van der Waals surface area contributed by atoms with Crippen LogP contribution in [-0.4, -0.2) is 5.16 Å². The zero-order valence-corrected chi connectivity index (χ0v) is 12.9. The first-order chi connectivity index (χ1) is 10.7. The van der Waals surface area contributed by atoms with Gasteiger partial charge in [-0.05, 0) is 31.5 Å². The predicted molar refractivity (Wildman–Crippen MR) is 88.9 cm³/mol. The number of nitrogens with zero attached hydrogens (tertiary/aromatic N) is 1. The first-order valence-electron chi connectivity index (χ1n) is 7.51. The summed E-state index contributed by atoms with van der Waals surface area (Å²) in [6, 6.07) is 21.0. The van der Waals surface area contributed by atoms with Gasteiger partial charge in [-0.25, -0.2) is 0 Å². The van der Waals surface area contributed by atoms with Gasteiger partial charge in [0, 0.05) is 18.2 Å². The Morgan fingerprint density at radius 3 is 2.36 bits per heavy atom. The standard InChI is InChI=1S/C19H20N2O/c1-14-8-10-17(11-9-14)20-19(16-6-4-3-5-7-16)13-18-12-15(2)21-22-18/h3-12,19-20H,13H2,1-2H3/t19-/m0/s1. The van der Waals surface area contributed by atoms with Gasteiger partial charge < -0.3 is 9.84 Å². The molecule has 3 aromatic rings. The fraction of sp³-hybridized carbons (Fsp3) is 0.211. The van der Waals surface area contributed by atoms with Crippen molar-refractivity contribution >= 4 is 5.69 Å². The van der Waals surface area contributed by atoms with Crippen LogP contribution in [-0.2, 0) is 6.42 Å². The molecule has 1 N–H and O–H groups in total. The molecule has 1 atom stereocenters. The first-order valence-corrected chi connectivity index (χ1v) is 7.51. The fourth-order valence-corrected chi connectivity index (χ4v) is 2.50. The normalized spacial score (nSPS) is 12.1. The van der Waals surface area contributed by atoms with Crippen molar-refractivity contribution in [2.45, 2.75) is 26.3 Å². The highest BCUT2D eigenvalue weighted by Gasteiger charge is 2.15. The Hall–Kier alpha value is -2.55. The van der Waals surface area contributed by atoms with Gasteiger partial charge in [-0.3, -0.25) is 0 Å². The van der Waals surface area contributed by atoms with Crippen LogP contribution in [0.2, 0.25) is 0 Å². The van der Waals surface area contributed by atoms with Crippen LogP contribution in [0.3, 0.4) is 0 Å². The maximum atomic E-state index is 5.38. The number of anilines is 1. The molecule has 0 saturated carbocycles. The van der Waals surface area contributed by atoms with Crippen LogP contribution in [0.25, 0.3) is 0 Å². The van der Waals surface area contributed by atoms with E-state index in [0.717, 1.165) is 23.6 Å². The van der Waals surface area contributed by atoms with Gasteiger partial charge in [0.1, 0.15) is 5.76 Å². The van der Waals surface area contributed by atoms with Gasteiger partial charge in [0.25, 0.3) is 0 Å². The van der Waals surface area contributed by atoms with E-state index in [1.807, 2.05) is 19.1 Å². The smallest absolute Gasteiger partial charge is 0.139 e. The number of nitrogens with one attached hydrogen (secondary N) is 1. The molecule has 0 aliphatic heterocycles. The topological polar surface area (TPSA) is 38.1 Å². The molecular weight excluding hydrogens is 272 g/mol. The molecule has 1 aromatic heterocycles. The fourth-order valence-electron chi connectivity index (χ4n) is 2.50. The second-order valence-corrected chi connectivity index (χ2v) is 5.61. The molecule has 22 heavy (non-hydrogen) atoms. The van der Waals surface area contributed by atoms with Crippen molar-refractivity contribution in [3.63, 3.8) is 0 Å². The largest absolute Gasteiger partial charge is 0.378 e. The molecule has 0 saturated heterocycles. The van der Waals surface area contributed by atoms with E-state index in [0.29, 0.717) is 0 Å². The Morgan fingerprint density at radius 1 is 1.00 bits per heavy atom. The van der Waals surface area contributed by atoms with Crippen LogP contribution in [0.15, 0.2) is 65.2 Å². The molecule has 3 rings (SSSR count). The predicted octanol–water partition coefficient (Wildman–Crippen LogP) is 4.69. The summed E-state index contributed by atoms with van der Waals surface area (Å²) in [7, 11) is 0. The van der Waals surface area contributed by atoms with Crippen molar-refractivity contribution < 1.29 is 4.52 Å². The molecule has 0 spiro atoms. The maximum absolute atomic E-state index is 5.38. The molecule has 3 heteroatoms. The Labute approximate surface area is 131 Å². The number of aryl methyl sites for hydroxylation is 2. The van der Waals surface area contributed by atoms with Gasteiger partial charge in [0.2, 0.25) is 0 Å². The molecule has 112 valence electrons. The molecule has 0 amide bonds. The van der Waals surface area contributed by atoms with E-state index >= 15 is 0 Å². The minimum atomic E-state index is 0.149. The molecule has 1 heterocycles. The van der Waals surface area contributed by atoms with Crippen molar-refractivity contribution in [1.29, 1.82) is 0 Å². The summed E-state index contributed by atoms with van der Waals surface area (Å²) in [4.78, 5) is 0. The number of hydrogen-bond acceptors (Lipinski definition) is 3. The van der Waals surface area contributed by atoms with E-state index in [9.17, 15) is 0 Å². The number of hydrogen-bond donors (Lipinski definition) is 1. The van der Waals surface area contributed by atoms with Gasteiger partial charge >= 0.3 is 0 Å². The zero-order valence-electron chi connectivity index (χ0n) is 12.9. The van der Waals surface area contributed by atoms with Gasteiger partial charge in [-0.15, -0.1) is 0 Å². The van der Waals surface area contributed by atoms with Gasteiger partial charge in [0.05, 0.1) is 11.7 Å². The second-order valence-electron chi connectivity index (χ2n) is 5.61. The summed E-state index contributed by atoms with van der Waals surface area (Å²) in [5, 5.41) is 7.57. The van der Waals surface area contributed by atoms with E-state index in [4.69, 9.17) is 4.52 Å². The molecule has 3 nitrogen and oxygen atoms in total. The minimum Gasteiger partial charge on any atom is -0.378 e.